The number of benzene rings is 1. The number of aliphatic carboxylic acids is 1. The van der Waals surface area contributed by atoms with Crippen LogP contribution in [0.15, 0.2) is 41.3 Å². The number of aromatic amines is 1. The number of H-pyrrole nitrogens is 1. The van der Waals surface area contributed by atoms with Gasteiger partial charge in [-0.15, -0.1) is 0 Å². The minimum atomic E-state index is -5.08. The van der Waals surface area contributed by atoms with Crippen LogP contribution in [0.5, 0.6) is 5.75 Å². The number of para-hydroxylation sites is 1. The maximum absolute atomic E-state index is 12.6. The van der Waals surface area contributed by atoms with Gasteiger partial charge in [-0.05, 0) is 31.9 Å². The van der Waals surface area contributed by atoms with E-state index in [0.29, 0.717) is 17.3 Å². The summed E-state index contributed by atoms with van der Waals surface area (Å²) in [6.07, 6.45) is 1.40. The van der Waals surface area contributed by atoms with Gasteiger partial charge in [-0.3, -0.25) is 9.69 Å². The van der Waals surface area contributed by atoms with Crippen LogP contribution in [0.2, 0.25) is 0 Å². The van der Waals surface area contributed by atoms with Gasteiger partial charge in [0.05, 0.1) is 18.3 Å². The lowest BCUT2D eigenvalue weighted by atomic mass is 10.1. The van der Waals surface area contributed by atoms with Gasteiger partial charge in [0.1, 0.15) is 23.1 Å². The number of halogens is 3. The highest BCUT2D eigenvalue weighted by molar-refractivity contribution is 5.73. The first-order chi connectivity index (χ1) is 16.6. The van der Waals surface area contributed by atoms with Crippen molar-refractivity contribution < 1.29 is 27.8 Å². The zero-order valence-electron chi connectivity index (χ0n) is 19.0. The number of nitrogens with one attached hydrogen (secondary N) is 1. The quantitative estimate of drug-likeness (QED) is 0.557. The van der Waals surface area contributed by atoms with Crippen LogP contribution in [0.25, 0.3) is 11.0 Å². The number of nitrogens with zero attached hydrogens (tertiary/aromatic N) is 4. The predicted octanol–water partition coefficient (Wildman–Crippen LogP) is 3.69. The number of carbonyl (C=O) groups is 1. The Kier molecular flexibility index (Phi) is 7.10. The van der Waals surface area contributed by atoms with Crippen LogP contribution < -0.4 is 10.3 Å². The molecule has 0 spiro atoms. The molecular weight excluding hydrogens is 467 g/mol. The van der Waals surface area contributed by atoms with Gasteiger partial charge < -0.3 is 14.8 Å². The summed E-state index contributed by atoms with van der Waals surface area (Å²) in [5, 5.41) is 12.2. The predicted molar refractivity (Wildman–Crippen MR) is 120 cm³/mol. The summed E-state index contributed by atoms with van der Waals surface area (Å²) in [6.45, 7) is 3.72. The SMILES string of the molecule is CC(c1nc2c(cnn2C2CCCC2)c(=O)[nH]1)N1CC(Oc2ccccc2)C1.O=C(O)C(F)(F)F. The molecule has 35 heavy (non-hydrogen) atoms. The molecule has 0 bridgehead atoms. The highest BCUT2D eigenvalue weighted by atomic mass is 19.4. The average molecular weight is 493 g/mol. The number of fused-ring (bicyclic) bond motifs is 1. The highest BCUT2D eigenvalue weighted by Crippen LogP contribution is 2.31. The molecule has 1 saturated carbocycles. The number of hydrogen-bond acceptors (Lipinski definition) is 6. The number of hydrogen-bond donors (Lipinski definition) is 2. The van der Waals surface area contributed by atoms with E-state index in [1.807, 2.05) is 35.0 Å². The molecule has 1 aromatic carbocycles. The van der Waals surface area contributed by atoms with Gasteiger partial charge in [0.2, 0.25) is 0 Å². The van der Waals surface area contributed by atoms with Crippen molar-refractivity contribution in [2.75, 3.05) is 13.1 Å². The summed E-state index contributed by atoms with van der Waals surface area (Å²) < 4.78 is 39.7. The van der Waals surface area contributed by atoms with Crippen molar-refractivity contribution in [1.82, 2.24) is 24.6 Å². The second-order valence-corrected chi connectivity index (χ2v) is 8.70. The lowest BCUT2D eigenvalue weighted by Crippen LogP contribution is -2.54. The topological polar surface area (TPSA) is 113 Å². The summed E-state index contributed by atoms with van der Waals surface area (Å²) >= 11 is 0. The van der Waals surface area contributed by atoms with E-state index < -0.39 is 12.1 Å². The van der Waals surface area contributed by atoms with Gasteiger partial charge in [0.25, 0.3) is 5.56 Å². The van der Waals surface area contributed by atoms with Gasteiger partial charge in [0.15, 0.2) is 5.65 Å². The summed E-state index contributed by atoms with van der Waals surface area (Å²) in [5.74, 6) is -1.16. The van der Waals surface area contributed by atoms with Crippen LogP contribution >= 0.6 is 0 Å². The lowest BCUT2D eigenvalue weighted by molar-refractivity contribution is -0.192. The van der Waals surface area contributed by atoms with Crippen LogP contribution in [0.3, 0.4) is 0 Å². The Morgan fingerprint density at radius 1 is 1.20 bits per heavy atom. The number of ether oxygens (including phenoxy) is 1. The fourth-order valence-electron chi connectivity index (χ4n) is 4.29. The van der Waals surface area contributed by atoms with Crippen LogP contribution in [0.4, 0.5) is 13.2 Å². The third kappa shape index (κ3) is 5.64. The maximum Gasteiger partial charge on any atom is 0.490 e. The van der Waals surface area contributed by atoms with E-state index in [9.17, 15) is 18.0 Å². The second-order valence-electron chi connectivity index (χ2n) is 8.70. The molecule has 2 aliphatic rings. The Bertz CT molecular complexity index is 1220. The first-order valence-corrected chi connectivity index (χ1v) is 11.4. The van der Waals surface area contributed by atoms with Crippen LogP contribution in [0.1, 0.15) is 50.5 Å². The normalized spacial score (nSPS) is 18.1. The van der Waals surface area contributed by atoms with Gasteiger partial charge in [-0.2, -0.15) is 18.3 Å². The van der Waals surface area contributed by atoms with Gasteiger partial charge in [-0.25, -0.2) is 14.5 Å². The van der Waals surface area contributed by atoms with E-state index in [-0.39, 0.29) is 17.7 Å². The Morgan fingerprint density at radius 2 is 1.83 bits per heavy atom. The number of likely N-dealkylation sites (tertiary alicyclic amines) is 1. The summed E-state index contributed by atoms with van der Waals surface area (Å²) in [6, 6.07) is 10.3. The third-order valence-electron chi connectivity index (χ3n) is 6.26. The smallest absolute Gasteiger partial charge is 0.488 e. The van der Waals surface area contributed by atoms with E-state index in [0.717, 1.165) is 37.3 Å². The molecule has 1 unspecified atom stereocenters. The molecule has 0 radical (unpaired) electrons. The Labute approximate surface area is 198 Å². The average Bonchev–Trinajstić information content (AvgIpc) is 3.46. The molecule has 1 aliphatic carbocycles. The molecule has 2 N–H and O–H groups in total. The third-order valence-corrected chi connectivity index (χ3v) is 6.26. The fraction of sp³-hybridized carbons (Fsp3) is 0.478. The molecule has 9 nitrogen and oxygen atoms in total. The largest absolute Gasteiger partial charge is 0.490 e. The van der Waals surface area contributed by atoms with E-state index >= 15 is 0 Å². The van der Waals surface area contributed by atoms with E-state index in [4.69, 9.17) is 19.6 Å². The zero-order chi connectivity index (χ0) is 25.2. The van der Waals surface area contributed by atoms with E-state index in [2.05, 4.69) is 21.9 Å². The molecule has 1 saturated heterocycles. The van der Waals surface area contributed by atoms with Crippen molar-refractivity contribution in [1.29, 1.82) is 0 Å². The number of carboxylic acids is 1. The zero-order valence-corrected chi connectivity index (χ0v) is 19.0. The molecule has 5 rings (SSSR count). The lowest BCUT2D eigenvalue weighted by Gasteiger charge is -2.42. The van der Waals surface area contributed by atoms with Crippen LogP contribution in [-0.2, 0) is 4.79 Å². The van der Waals surface area contributed by atoms with Crippen molar-refractivity contribution in [3.63, 3.8) is 0 Å². The first kappa shape index (κ1) is 24.7. The molecule has 12 heteroatoms. The molecule has 1 atom stereocenters. The van der Waals surface area contributed by atoms with Crippen molar-refractivity contribution in [3.8, 4) is 5.75 Å². The molecule has 2 fully saturated rings. The second kappa shape index (κ2) is 10.1. The number of aromatic nitrogens is 4. The van der Waals surface area contributed by atoms with Crippen LogP contribution in [0, 0.1) is 0 Å². The molecule has 0 amide bonds. The number of rotatable bonds is 5. The van der Waals surface area contributed by atoms with E-state index in [1.165, 1.54) is 12.8 Å². The van der Waals surface area contributed by atoms with Crippen molar-refractivity contribution in [3.05, 3.63) is 52.7 Å². The molecule has 3 aromatic rings. The van der Waals surface area contributed by atoms with Crippen LogP contribution in [-0.4, -0.2) is 61.1 Å². The highest BCUT2D eigenvalue weighted by Gasteiger charge is 2.38. The van der Waals surface area contributed by atoms with Gasteiger partial charge in [-0.1, -0.05) is 31.0 Å². The van der Waals surface area contributed by atoms with Gasteiger partial charge >= 0.3 is 12.1 Å². The molecule has 1 aliphatic heterocycles. The molecular formula is C23H26F3N5O4. The fourth-order valence-corrected chi connectivity index (χ4v) is 4.29. The maximum atomic E-state index is 12.6. The first-order valence-electron chi connectivity index (χ1n) is 11.4. The summed E-state index contributed by atoms with van der Waals surface area (Å²) in [5.41, 5.74) is 0.615. The number of alkyl halides is 3. The van der Waals surface area contributed by atoms with Gasteiger partial charge in [0, 0.05) is 13.1 Å². The minimum Gasteiger partial charge on any atom is -0.488 e. The monoisotopic (exact) mass is 493 g/mol. The Balaban J connectivity index is 0.000000364. The molecule has 188 valence electrons. The van der Waals surface area contributed by atoms with E-state index in [1.54, 1.807) is 6.20 Å². The van der Waals surface area contributed by atoms with Crippen molar-refractivity contribution >= 4 is 17.0 Å². The number of carboxylic acid groups (broad SMARTS) is 1. The van der Waals surface area contributed by atoms with Crippen molar-refractivity contribution in [2.45, 2.75) is 57.0 Å². The minimum absolute atomic E-state index is 0.0275. The Hall–Kier alpha value is -3.41. The standard InChI is InChI=1S/C21H25N5O2.C2HF3O2/c1-14(25-12-17(13-25)28-16-9-3-2-4-10-16)19-23-20-18(21(27)24-19)11-22-26(20)15-7-5-6-8-15;3-2(4,5)1(6)7/h2-4,9-11,14-15,17H,5-8,12-13H2,1H3,(H,23,24,27);(H,6,7). The molecule has 3 heterocycles. The molecule has 2 aromatic heterocycles. The summed E-state index contributed by atoms with van der Waals surface area (Å²) in [7, 11) is 0. The van der Waals surface area contributed by atoms with Crippen molar-refractivity contribution in [2.24, 2.45) is 0 Å². The summed E-state index contributed by atoms with van der Waals surface area (Å²) in [4.78, 5) is 31.5. The Morgan fingerprint density at radius 3 is 2.43 bits per heavy atom.